The van der Waals surface area contributed by atoms with E-state index in [9.17, 15) is 4.79 Å². The van der Waals surface area contributed by atoms with Crippen LogP contribution in [0.4, 0.5) is 0 Å². The summed E-state index contributed by atoms with van der Waals surface area (Å²) < 4.78 is 1.73. The Hall–Kier alpha value is -1.56. The SMILES string of the molecule is C=C(C)CSc1nc2sc3c(c2c(=O)n1-c1ccc(Cl)cc1)CCCC3. The van der Waals surface area contributed by atoms with Crippen molar-refractivity contribution >= 4 is 44.9 Å². The molecule has 2 heterocycles. The molecule has 0 bridgehead atoms. The highest BCUT2D eigenvalue weighted by molar-refractivity contribution is 7.99. The highest BCUT2D eigenvalue weighted by Crippen LogP contribution is 2.35. The van der Waals surface area contributed by atoms with Gasteiger partial charge in [-0.1, -0.05) is 35.5 Å². The van der Waals surface area contributed by atoms with Gasteiger partial charge < -0.3 is 0 Å². The third kappa shape index (κ3) is 3.24. The number of halogens is 1. The number of rotatable bonds is 4. The molecule has 1 aliphatic carbocycles. The van der Waals surface area contributed by atoms with Gasteiger partial charge in [0.2, 0.25) is 0 Å². The summed E-state index contributed by atoms with van der Waals surface area (Å²) in [5.41, 5.74) is 3.10. The number of hydrogen-bond acceptors (Lipinski definition) is 4. The molecule has 3 aromatic rings. The van der Waals surface area contributed by atoms with E-state index < -0.39 is 0 Å². The number of aryl methyl sites for hydroxylation is 2. The molecule has 6 heteroatoms. The average Bonchev–Trinajstić information content (AvgIpc) is 2.99. The minimum absolute atomic E-state index is 0.0286. The molecule has 0 unspecified atom stereocenters. The van der Waals surface area contributed by atoms with E-state index >= 15 is 0 Å². The van der Waals surface area contributed by atoms with Crippen LogP contribution in [-0.4, -0.2) is 15.3 Å². The van der Waals surface area contributed by atoms with Crippen LogP contribution in [0.3, 0.4) is 0 Å². The van der Waals surface area contributed by atoms with Gasteiger partial charge in [0.05, 0.1) is 11.1 Å². The van der Waals surface area contributed by atoms with Crippen LogP contribution in [0.5, 0.6) is 0 Å². The summed E-state index contributed by atoms with van der Waals surface area (Å²) in [5.74, 6) is 0.733. The summed E-state index contributed by atoms with van der Waals surface area (Å²) in [6.45, 7) is 5.96. The van der Waals surface area contributed by atoms with Gasteiger partial charge >= 0.3 is 0 Å². The molecule has 2 aromatic heterocycles. The first kappa shape index (κ1) is 17.8. The molecular formula is C20H19ClN2OS2. The summed E-state index contributed by atoms with van der Waals surface area (Å²) in [4.78, 5) is 20.6. The van der Waals surface area contributed by atoms with Crippen molar-refractivity contribution in [1.82, 2.24) is 9.55 Å². The highest BCUT2D eigenvalue weighted by atomic mass is 35.5. The lowest BCUT2D eigenvalue weighted by Gasteiger charge is -2.13. The third-order valence-electron chi connectivity index (χ3n) is 4.49. The Balaban J connectivity index is 1.97. The van der Waals surface area contributed by atoms with Crippen molar-refractivity contribution in [2.24, 2.45) is 0 Å². The number of nitrogens with zero attached hydrogens (tertiary/aromatic N) is 2. The van der Waals surface area contributed by atoms with Crippen molar-refractivity contribution in [2.45, 2.75) is 37.8 Å². The molecule has 26 heavy (non-hydrogen) atoms. The third-order valence-corrected chi connectivity index (χ3v) is 7.10. The van der Waals surface area contributed by atoms with Gasteiger partial charge in [-0.3, -0.25) is 9.36 Å². The van der Waals surface area contributed by atoms with E-state index in [1.54, 1.807) is 27.7 Å². The van der Waals surface area contributed by atoms with Crippen molar-refractivity contribution < 1.29 is 0 Å². The molecular weight excluding hydrogens is 384 g/mol. The second-order valence-electron chi connectivity index (χ2n) is 6.65. The molecule has 0 fully saturated rings. The number of aromatic nitrogens is 2. The predicted molar refractivity (Wildman–Crippen MR) is 112 cm³/mol. The van der Waals surface area contributed by atoms with Crippen LogP contribution < -0.4 is 5.56 Å². The van der Waals surface area contributed by atoms with E-state index in [4.69, 9.17) is 16.6 Å². The molecule has 4 rings (SSSR count). The first-order valence-corrected chi connectivity index (χ1v) is 10.8. The molecule has 1 aliphatic rings. The van der Waals surface area contributed by atoms with E-state index in [0.717, 1.165) is 46.5 Å². The van der Waals surface area contributed by atoms with Crippen molar-refractivity contribution in [3.63, 3.8) is 0 Å². The van der Waals surface area contributed by atoms with Crippen LogP contribution in [-0.2, 0) is 12.8 Å². The fraction of sp³-hybridized carbons (Fsp3) is 0.300. The van der Waals surface area contributed by atoms with E-state index in [0.29, 0.717) is 10.2 Å². The maximum absolute atomic E-state index is 13.5. The van der Waals surface area contributed by atoms with Gasteiger partial charge in [0.25, 0.3) is 5.56 Å². The van der Waals surface area contributed by atoms with Crippen molar-refractivity contribution in [3.05, 3.63) is 62.2 Å². The zero-order valence-electron chi connectivity index (χ0n) is 14.5. The summed E-state index contributed by atoms with van der Waals surface area (Å²) in [5, 5.41) is 2.17. The molecule has 0 radical (unpaired) electrons. The molecule has 0 saturated heterocycles. The lowest BCUT2D eigenvalue weighted by Crippen LogP contribution is -2.22. The summed E-state index contributed by atoms with van der Waals surface area (Å²) in [6, 6.07) is 7.37. The maximum atomic E-state index is 13.5. The minimum Gasteiger partial charge on any atom is -0.268 e. The fourth-order valence-electron chi connectivity index (χ4n) is 3.29. The zero-order valence-corrected chi connectivity index (χ0v) is 16.9. The lowest BCUT2D eigenvalue weighted by molar-refractivity contribution is 0.699. The Bertz CT molecular complexity index is 1050. The van der Waals surface area contributed by atoms with Gasteiger partial charge in [-0.15, -0.1) is 11.3 Å². The van der Waals surface area contributed by atoms with Gasteiger partial charge in [0, 0.05) is 15.7 Å². The second-order valence-corrected chi connectivity index (χ2v) is 9.11. The molecule has 1 aromatic carbocycles. The topological polar surface area (TPSA) is 34.9 Å². The molecule has 134 valence electrons. The van der Waals surface area contributed by atoms with Gasteiger partial charge in [0.15, 0.2) is 5.16 Å². The lowest BCUT2D eigenvalue weighted by atomic mass is 9.97. The predicted octanol–water partition coefficient (Wildman–Crippen LogP) is 5.65. The van der Waals surface area contributed by atoms with E-state index in [2.05, 4.69) is 6.58 Å². The van der Waals surface area contributed by atoms with Crippen molar-refractivity contribution in [2.75, 3.05) is 5.75 Å². The van der Waals surface area contributed by atoms with Crippen molar-refractivity contribution in [3.8, 4) is 5.69 Å². The summed E-state index contributed by atoms with van der Waals surface area (Å²) in [7, 11) is 0. The molecule has 3 nitrogen and oxygen atoms in total. The van der Waals surface area contributed by atoms with Crippen molar-refractivity contribution in [1.29, 1.82) is 0 Å². The van der Waals surface area contributed by atoms with Crippen LogP contribution in [0.2, 0.25) is 5.02 Å². The summed E-state index contributed by atoms with van der Waals surface area (Å²) in [6.07, 6.45) is 4.38. The number of thioether (sulfide) groups is 1. The van der Waals surface area contributed by atoms with E-state index in [1.807, 2.05) is 31.2 Å². The Morgan fingerprint density at radius 3 is 2.77 bits per heavy atom. The summed E-state index contributed by atoms with van der Waals surface area (Å²) >= 11 is 9.28. The van der Waals surface area contributed by atoms with Gasteiger partial charge in [-0.05, 0) is 62.4 Å². The van der Waals surface area contributed by atoms with Gasteiger partial charge in [-0.2, -0.15) is 0 Å². The highest BCUT2D eigenvalue weighted by Gasteiger charge is 2.22. The molecule has 0 aliphatic heterocycles. The standard InChI is InChI=1S/C20H19ClN2OS2/c1-12(2)11-25-20-22-18-17(15-5-3-4-6-16(15)26-18)19(24)23(20)14-9-7-13(21)8-10-14/h7-10H,1,3-6,11H2,2H3. The number of fused-ring (bicyclic) bond motifs is 3. The molecule has 0 atom stereocenters. The van der Waals surface area contributed by atoms with E-state index in [1.165, 1.54) is 16.9 Å². The van der Waals surface area contributed by atoms with Gasteiger partial charge in [-0.25, -0.2) is 4.98 Å². The van der Waals surface area contributed by atoms with Crippen LogP contribution in [0, 0.1) is 0 Å². The number of hydrogen-bond donors (Lipinski definition) is 0. The normalized spacial score (nSPS) is 13.8. The largest absolute Gasteiger partial charge is 0.268 e. The Morgan fingerprint density at radius 2 is 2.04 bits per heavy atom. The second kappa shape index (κ2) is 7.22. The number of benzene rings is 1. The first-order chi connectivity index (χ1) is 12.5. The fourth-order valence-corrected chi connectivity index (χ4v) is 5.57. The Labute approximate surface area is 165 Å². The molecule has 0 spiro atoms. The van der Waals surface area contributed by atoms with Crippen LogP contribution in [0.15, 0.2) is 46.4 Å². The van der Waals surface area contributed by atoms with Crippen LogP contribution in [0.25, 0.3) is 15.9 Å². The Morgan fingerprint density at radius 1 is 1.31 bits per heavy atom. The average molecular weight is 403 g/mol. The molecule has 0 N–H and O–H groups in total. The quantitative estimate of drug-likeness (QED) is 0.321. The monoisotopic (exact) mass is 402 g/mol. The molecule has 0 saturated carbocycles. The van der Waals surface area contributed by atoms with Gasteiger partial charge in [0.1, 0.15) is 4.83 Å². The van der Waals surface area contributed by atoms with E-state index in [-0.39, 0.29) is 5.56 Å². The number of thiophene rings is 1. The maximum Gasteiger partial charge on any atom is 0.267 e. The first-order valence-electron chi connectivity index (χ1n) is 8.65. The zero-order chi connectivity index (χ0) is 18.3. The minimum atomic E-state index is 0.0286. The molecule has 0 amide bonds. The Kier molecular flexibility index (Phi) is 4.95. The van der Waals surface area contributed by atoms with Crippen LogP contribution in [0.1, 0.15) is 30.2 Å². The van der Waals surface area contributed by atoms with Crippen LogP contribution >= 0.6 is 34.7 Å². The smallest absolute Gasteiger partial charge is 0.267 e.